The molecule has 222 valence electrons. The number of hydrogen-bond acceptors (Lipinski definition) is 7. The molecule has 0 fully saturated rings. The van der Waals surface area contributed by atoms with Crippen molar-refractivity contribution in [3.63, 3.8) is 0 Å². The van der Waals surface area contributed by atoms with Crippen molar-refractivity contribution in [1.82, 2.24) is 4.31 Å². The van der Waals surface area contributed by atoms with E-state index in [0.29, 0.717) is 6.08 Å². The number of alkyl halides is 2. The molecule has 0 aliphatic heterocycles. The van der Waals surface area contributed by atoms with Crippen LogP contribution in [0.5, 0.6) is 11.5 Å². The lowest BCUT2D eigenvalue weighted by Gasteiger charge is -2.18. The zero-order valence-electron chi connectivity index (χ0n) is 22.1. The van der Waals surface area contributed by atoms with E-state index >= 15 is 0 Å². The Kier molecular flexibility index (Phi) is 10.0. The van der Waals surface area contributed by atoms with Crippen molar-refractivity contribution in [2.75, 3.05) is 17.8 Å². The summed E-state index contributed by atoms with van der Waals surface area (Å²) in [6.07, 6.45) is 0.396. The molecule has 3 rings (SSSR count). The van der Waals surface area contributed by atoms with Gasteiger partial charge in [-0.1, -0.05) is 42.8 Å². The van der Waals surface area contributed by atoms with Gasteiger partial charge in [-0.05, 0) is 61.5 Å². The van der Waals surface area contributed by atoms with E-state index in [1.54, 1.807) is 13.0 Å². The third-order valence-electron chi connectivity index (χ3n) is 5.82. The lowest BCUT2D eigenvalue weighted by Crippen LogP contribution is -2.31. The van der Waals surface area contributed by atoms with E-state index in [-0.39, 0.29) is 45.8 Å². The average molecular weight is 659 g/mol. The van der Waals surface area contributed by atoms with Crippen molar-refractivity contribution in [1.29, 1.82) is 5.26 Å². The van der Waals surface area contributed by atoms with E-state index in [4.69, 9.17) is 33.2 Å². The summed E-state index contributed by atoms with van der Waals surface area (Å²) in [7, 11) is -8.35. The minimum atomic E-state index is -4.42. The molecule has 15 heteroatoms. The number of allylic oxidation sites excluding steroid dienone is 1. The minimum Gasteiger partial charge on any atom is -0.455 e. The van der Waals surface area contributed by atoms with Crippen molar-refractivity contribution in [3.8, 4) is 17.6 Å². The molecule has 3 aromatic rings. The maximum absolute atomic E-state index is 13.9. The highest BCUT2D eigenvalue weighted by Crippen LogP contribution is 2.38. The van der Waals surface area contributed by atoms with Crippen LogP contribution in [0.15, 0.2) is 77.0 Å². The first-order chi connectivity index (χ1) is 19.6. The fraction of sp³-hybridized carbons (Fsp3) is 0.185. The number of anilines is 1. The van der Waals surface area contributed by atoms with Gasteiger partial charge in [-0.2, -0.15) is 18.3 Å². The lowest BCUT2D eigenvalue weighted by molar-refractivity contribution is 0.0525. The molecule has 0 atom stereocenters. The third-order valence-corrected chi connectivity index (χ3v) is 9.90. The first kappa shape index (κ1) is 33.0. The van der Waals surface area contributed by atoms with E-state index in [0.717, 1.165) is 34.6 Å². The smallest absolute Gasteiger partial charge is 0.291 e. The van der Waals surface area contributed by atoms with E-state index in [1.807, 2.05) is 0 Å². The van der Waals surface area contributed by atoms with Gasteiger partial charge < -0.3 is 4.74 Å². The maximum Gasteiger partial charge on any atom is 0.291 e. The minimum absolute atomic E-state index is 0.0879. The topological polar surface area (TPSA) is 134 Å². The normalized spacial score (nSPS) is 12.0. The predicted molar refractivity (Wildman–Crippen MR) is 154 cm³/mol. The molecule has 0 saturated heterocycles. The molecule has 0 amide bonds. The summed E-state index contributed by atoms with van der Waals surface area (Å²) in [6, 6.07) is 11.9. The van der Waals surface area contributed by atoms with E-state index in [1.165, 1.54) is 31.2 Å². The van der Waals surface area contributed by atoms with Gasteiger partial charge in [0.2, 0.25) is 10.0 Å². The van der Waals surface area contributed by atoms with Crippen molar-refractivity contribution >= 4 is 54.7 Å². The number of sulfonamides is 2. The summed E-state index contributed by atoms with van der Waals surface area (Å²) in [5.41, 5.74) is -0.816. The molecule has 0 aliphatic carbocycles. The van der Waals surface area contributed by atoms with Crippen LogP contribution in [0.25, 0.3) is 0 Å². The van der Waals surface area contributed by atoms with Gasteiger partial charge in [0.05, 0.1) is 32.3 Å². The number of carbonyl (C=O) groups excluding carboxylic acids is 1. The molecule has 0 unspecified atom stereocenters. The number of halogens is 4. The van der Waals surface area contributed by atoms with Crippen LogP contribution in [0, 0.1) is 11.3 Å². The summed E-state index contributed by atoms with van der Waals surface area (Å²) < 4.78 is 88.3. The van der Waals surface area contributed by atoms with Crippen molar-refractivity contribution in [2.24, 2.45) is 0 Å². The monoisotopic (exact) mass is 657 g/mol. The van der Waals surface area contributed by atoms with Crippen LogP contribution in [0.2, 0.25) is 10.0 Å². The van der Waals surface area contributed by atoms with E-state index in [9.17, 15) is 30.4 Å². The summed E-state index contributed by atoms with van der Waals surface area (Å²) >= 11 is 12.4. The molecule has 9 nitrogen and oxygen atoms in total. The Morgan fingerprint density at radius 2 is 1.74 bits per heavy atom. The summed E-state index contributed by atoms with van der Waals surface area (Å²) in [6.45, 7) is 5.60. The number of carbonyl (C=O) groups is 1. The Bertz CT molecular complexity index is 1790. The molecule has 0 heterocycles. The van der Waals surface area contributed by atoms with Gasteiger partial charge in [-0.15, -0.1) is 0 Å². The van der Waals surface area contributed by atoms with Gasteiger partial charge in [0, 0.05) is 12.1 Å². The Hall–Kier alpha value is -3.54. The zero-order valence-corrected chi connectivity index (χ0v) is 25.2. The van der Waals surface area contributed by atoms with Gasteiger partial charge in [0.1, 0.15) is 17.2 Å². The Labute approximate surface area is 252 Å². The third kappa shape index (κ3) is 7.08. The zero-order chi connectivity index (χ0) is 31.5. The number of nitriles is 1. The van der Waals surface area contributed by atoms with E-state index in [2.05, 4.69) is 11.3 Å². The molecule has 0 bridgehead atoms. The van der Waals surface area contributed by atoms with Crippen molar-refractivity contribution in [2.45, 2.75) is 29.6 Å². The van der Waals surface area contributed by atoms with Crippen LogP contribution in [0.1, 0.15) is 29.8 Å². The molecule has 0 aromatic heterocycles. The summed E-state index contributed by atoms with van der Waals surface area (Å²) in [5, 5.41) is 8.25. The first-order valence-corrected chi connectivity index (χ1v) is 15.6. The van der Waals surface area contributed by atoms with Gasteiger partial charge >= 0.3 is 0 Å². The fourth-order valence-corrected chi connectivity index (χ4v) is 6.85. The van der Waals surface area contributed by atoms with Crippen molar-refractivity contribution < 1.29 is 35.1 Å². The van der Waals surface area contributed by atoms with Crippen LogP contribution in [-0.2, 0) is 26.0 Å². The van der Waals surface area contributed by atoms with Gasteiger partial charge in [0.25, 0.3) is 15.9 Å². The van der Waals surface area contributed by atoms with Gasteiger partial charge in [-0.25, -0.2) is 16.8 Å². The molecule has 42 heavy (non-hydrogen) atoms. The average Bonchev–Trinajstić information content (AvgIpc) is 2.92. The number of ketones is 1. The molecular formula is C27H23Cl2F2N3O6S2. The molecule has 0 radical (unpaired) electrons. The standard InChI is InChI=1S/C27H23Cl2F2N3O6S2/c1-4-27(30,31)18-6-11-25(23(28)14-18)41(36,37)33-19-15-22(17(3)35)26(24(29)16-19)40-20-7-9-21(10-8-20)42(38,39)34(5-2)13-12-32/h4,6-11,14-16,33H,1,5,13H2,2-3H3. The number of nitrogens with one attached hydrogen (secondary N) is 1. The number of rotatable bonds is 12. The van der Waals surface area contributed by atoms with Crippen LogP contribution in [-0.4, -0.2) is 40.0 Å². The maximum atomic E-state index is 13.9. The second-order valence-corrected chi connectivity index (χ2v) is 13.0. The Morgan fingerprint density at radius 1 is 1.10 bits per heavy atom. The van der Waals surface area contributed by atoms with E-state index < -0.39 is 47.2 Å². The highest BCUT2D eigenvalue weighted by molar-refractivity contribution is 7.92. The highest BCUT2D eigenvalue weighted by atomic mass is 35.5. The Morgan fingerprint density at radius 3 is 2.26 bits per heavy atom. The van der Waals surface area contributed by atoms with Gasteiger partial charge in [-0.3, -0.25) is 9.52 Å². The number of Topliss-reactive ketones (excluding diaryl/α,β-unsaturated/α-hetero) is 1. The number of nitrogens with zero attached hydrogens (tertiary/aromatic N) is 2. The molecule has 1 N–H and O–H groups in total. The predicted octanol–water partition coefficient (Wildman–Crippen LogP) is 6.60. The first-order valence-electron chi connectivity index (χ1n) is 11.9. The molecule has 3 aromatic carbocycles. The SMILES string of the molecule is C=CC(F)(F)c1ccc(S(=O)(=O)Nc2cc(Cl)c(Oc3ccc(S(=O)(=O)N(CC)CC#N)cc3)c(C(C)=O)c2)c(Cl)c1. The van der Waals surface area contributed by atoms with Crippen LogP contribution >= 0.6 is 23.2 Å². The van der Waals surface area contributed by atoms with Crippen molar-refractivity contribution in [3.05, 3.63) is 88.4 Å². The Balaban J connectivity index is 1.92. The number of ether oxygens (including phenoxy) is 1. The van der Waals surface area contributed by atoms with Crippen LogP contribution < -0.4 is 9.46 Å². The molecule has 0 spiro atoms. The lowest BCUT2D eigenvalue weighted by atomic mass is 10.1. The molecular weight excluding hydrogens is 635 g/mol. The number of benzene rings is 3. The fourth-order valence-electron chi connectivity index (χ4n) is 3.66. The second kappa shape index (κ2) is 12.8. The number of hydrogen-bond donors (Lipinski definition) is 1. The summed E-state index contributed by atoms with van der Waals surface area (Å²) in [4.78, 5) is 11.9. The van der Waals surface area contributed by atoms with Crippen LogP contribution in [0.3, 0.4) is 0 Å². The largest absolute Gasteiger partial charge is 0.455 e. The molecule has 0 aliphatic rings. The quantitative estimate of drug-likeness (QED) is 0.132. The van der Waals surface area contributed by atoms with Gasteiger partial charge in [0.15, 0.2) is 11.5 Å². The summed E-state index contributed by atoms with van der Waals surface area (Å²) in [5.74, 6) is -3.99. The highest BCUT2D eigenvalue weighted by Gasteiger charge is 2.30. The second-order valence-electron chi connectivity index (χ2n) is 8.63. The van der Waals surface area contributed by atoms with Crippen LogP contribution in [0.4, 0.5) is 14.5 Å². The molecule has 0 saturated carbocycles.